The van der Waals surface area contributed by atoms with Crippen LogP contribution in [0.2, 0.25) is 0 Å². The molecule has 2 N–H and O–H groups in total. The minimum Gasteiger partial charge on any atom is -0.393 e. The molecule has 1 saturated heterocycles. The van der Waals surface area contributed by atoms with E-state index in [0.717, 1.165) is 28.0 Å². The Morgan fingerprint density at radius 2 is 1.88 bits per heavy atom. The standard InChI is InChI=1S/C24H30N6O3S/c1-14(2)19-9-27-24(30-11-15(12-30)13-34(3,32)33)20-10-26-22(8-18(19)20)28-21-4-5-25-23(29-21)16-6-17(31)7-16/h4-5,8-10,14-17,31H,6-7,11-13H2,1-3H3,(H,25,26,28,29). The van der Waals surface area contributed by atoms with Gasteiger partial charge in [0.2, 0.25) is 0 Å². The zero-order chi connectivity index (χ0) is 24.0. The molecule has 1 aliphatic heterocycles. The summed E-state index contributed by atoms with van der Waals surface area (Å²) >= 11 is 0. The van der Waals surface area contributed by atoms with Crippen LogP contribution in [0.5, 0.6) is 0 Å². The molecular formula is C24H30N6O3S. The minimum absolute atomic E-state index is 0.134. The summed E-state index contributed by atoms with van der Waals surface area (Å²) in [5.74, 6) is 3.76. The first-order valence-electron chi connectivity index (χ1n) is 11.7. The number of hydrogen-bond acceptors (Lipinski definition) is 9. The molecule has 4 heterocycles. The molecule has 0 unspecified atom stereocenters. The highest BCUT2D eigenvalue weighted by Crippen LogP contribution is 2.36. The fourth-order valence-electron chi connectivity index (χ4n) is 4.77. The van der Waals surface area contributed by atoms with Crippen LogP contribution in [-0.2, 0) is 9.84 Å². The van der Waals surface area contributed by atoms with Crippen LogP contribution < -0.4 is 10.2 Å². The summed E-state index contributed by atoms with van der Waals surface area (Å²) in [5, 5.41) is 14.9. The van der Waals surface area contributed by atoms with Gasteiger partial charge in [-0.3, -0.25) is 0 Å². The number of nitrogens with zero attached hydrogens (tertiary/aromatic N) is 5. The first-order chi connectivity index (χ1) is 16.2. The minimum atomic E-state index is -2.99. The highest BCUT2D eigenvalue weighted by molar-refractivity contribution is 7.90. The number of pyridine rings is 2. The maximum atomic E-state index is 11.6. The zero-order valence-electron chi connectivity index (χ0n) is 19.6. The van der Waals surface area contributed by atoms with E-state index in [1.807, 2.05) is 24.5 Å². The van der Waals surface area contributed by atoms with Gasteiger partial charge >= 0.3 is 0 Å². The van der Waals surface area contributed by atoms with Gasteiger partial charge in [0, 0.05) is 55.2 Å². The van der Waals surface area contributed by atoms with Gasteiger partial charge in [-0.15, -0.1) is 0 Å². The van der Waals surface area contributed by atoms with Gasteiger partial charge in [0.25, 0.3) is 0 Å². The zero-order valence-corrected chi connectivity index (χ0v) is 20.5. The molecule has 9 nitrogen and oxygen atoms in total. The lowest BCUT2D eigenvalue weighted by Crippen LogP contribution is -2.50. The second kappa shape index (κ2) is 8.74. The molecule has 0 radical (unpaired) electrons. The predicted molar refractivity (Wildman–Crippen MR) is 132 cm³/mol. The number of fused-ring (bicyclic) bond motifs is 1. The molecule has 0 aromatic carbocycles. The summed E-state index contributed by atoms with van der Waals surface area (Å²) in [7, 11) is -2.99. The fourth-order valence-corrected chi connectivity index (χ4v) is 5.84. The summed E-state index contributed by atoms with van der Waals surface area (Å²) in [6.07, 6.45) is 7.92. The van der Waals surface area contributed by atoms with Crippen molar-refractivity contribution in [2.75, 3.05) is 35.3 Å². The third-order valence-corrected chi connectivity index (χ3v) is 7.68. The number of anilines is 3. The predicted octanol–water partition coefficient (Wildman–Crippen LogP) is 3.01. The second-order valence-corrected chi connectivity index (χ2v) is 12.1. The first-order valence-corrected chi connectivity index (χ1v) is 13.7. The summed E-state index contributed by atoms with van der Waals surface area (Å²) < 4.78 is 23.2. The quantitative estimate of drug-likeness (QED) is 0.523. The average molecular weight is 483 g/mol. The van der Waals surface area contributed by atoms with Crippen molar-refractivity contribution >= 4 is 38.1 Å². The van der Waals surface area contributed by atoms with Gasteiger partial charge in [-0.05, 0) is 41.8 Å². The van der Waals surface area contributed by atoms with Crippen molar-refractivity contribution in [3.05, 3.63) is 42.1 Å². The van der Waals surface area contributed by atoms with Crippen molar-refractivity contribution in [1.29, 1.82) is 0 Å². The highest BCUT2D eigenvalue weighted by Gasteiger charge is 2.32. The largest absolute Gasteiger partial charge is 0.393 e. The maximum absolute atomic E-state index is 11.6. The molecule has 10 heteroatoms. The number of aromatic nitrogens is 4. The summed E-state index contributed by atoms with van der Waals surface area (Å²) in [5.41, 5.74) is 1.13. The van der Waals surface area contributed by atoms with E-state index in [1.165, 1.54) is 6.26 Å². The summed E-state index contributed by atoms with van der Waals surface area (Å²) in [4.78, 5) is 20.5. The van der Waals surface area contributed by atoms with E-state index >= 15 is 0 Å². The van der Waals surface area contributed by atoms with Crippen LogP contribution in [0, 0.1) is 5.92 Å². The van der Waals surface area contributed by atoms with Gasteiger partial charge in [0.05, 0.1) is 11.9 Å². The molecule has 3 aromatic heterocycles. The molecule has 0 bridgehead atoms. The van der Waals surface area contributed by atoms with Crippen molar-refractivity contribution < 1.29 is 13.5 Å². The lowest BCUT2D eigenvalue weighted by molar-refractivity contribution is 0.0717. The van der Waals surface area contributed by atoms with Gasteiger partial charge in [-0.1, -0.05) is 13.8 Å². The van der Waals surface area contributed by atoms with Gasteiger partial charge in [0.15, 0.2) is 0 Å². The molecular weight excluding hydrogens is 452 g/mol. The van der Waals surface area contributed by atoms with Crippen molar-refractivity contribution in [2.24, 2.45) is 5.92 Å². The number of aliphatic hydroxyl groups excluding tert-OH is 1. The fraction of sp³-hybridized carbons (Fsp3) is 0.500. The number of sulfone groups is 1. The van der Waals surface area contributed by atoms with Crippen molar-refractivity contribution in [2.45, 2.75) is 44.6 Å². The van der Waals surface area contributed by atoms with Crippen molar-refractivity contribution in [1.82, 2.24) is 19.9 Å². The Hall–Kier alpha value is -2.85. The van der Waals surface area contributed by atoms with Crippen LogP contribution in [0.3, 0.4) is 0 Å². The third kappa shape index (κ3) is 4.69. The topological polar surface area (TPSA) is 121 Å². The lowest BCUT2D eigenvalue weighted by atomic mass is 9.82. The Morgan fingerprint density at radius 1 is 1.12 bits per heavy atom. The third-order valence-electron chi connectivity index (χ3n) is 6.61. The average Bonchev–Trinajstić information content (AvgIpc) is 2.72. The molecule has 1 aliphatic carbocycles. The molecule has 0 atom stereocenters. The molecule has 180 valence electrons. The maximum Gasteiger partial charge on any atom is 0.147 e. The number of hydrogen-bond donors (Lipinski definition) is 2. The molecule has 34 heavy (non-hydrogen) atoms. The van der Waals surface area contributed by atoms with Gasteiger partial charge in [0.1, 0.15) is 33.1 Å². The number of rotatable bonds is 7. The van der Waals surface area contributed by atoms with E-state index in [2.05, 4.69) is 39.0 Å². The molecule has 5 rings (SSSR count). The number of aliphatic hydroxyl groups is 1. The summed E-state index contributed by atoms with van der Waals surface area (Å²) in [6, 6.07) is 3.84. The Kier molecular flexibility index (Phi) is 5.89. The molecule has 0 spiro atoms. The van der Waals surface area contributed by atoms with E-state index in [4.69, 9.17) is 4.98 Å². The van der Waals surface area contributed by atoms with Crippen LogP contribution in [0.1, 0.15) is 49.9 Å². The van der Waals surface area contributed by atoms with E-state index in [0.29, 0.717) is 37.6 Å². The lowest BCUT2D eigenvalue weighted by Gasteiger charge is -2.40. The van der Waals surface area contributed by atoms with Crippen LogP contribution in [-0.4, -0.2) is 64.7 Å². The van der Waals surface area contributed by atoms with E-state index < -0.39 is 9.84 Å². The Labute approximate surface area is 199 Å². The number of nitrogens with one attached hydrogen (secondary N) is 1. The van der Waals surface area contributed by atoms with Crippen LogP contribution in [0.4, 0.5) is 17.5 Å². The normalized spacial score (nSPS) is 20.9. The highest BCUT2D eigenvalue weighted by atomic mass is 32.2. The monoisotopic (exact) mass is 482 g/mol. The second-order valence-electron chi connectivity index (χ2n) is 9.92. The molecule has 1 saturated carbocycles. The van der Waals surface area contributed by atoms with Crippen molar-refractivity contribution in [3.63, 3.8) is 0 Å². The smallest absolute Gasteiger partial charge is 0.147 e. The molecule has 2 fully saturated rings. The van der Waals surface area contributed by atoms with Crippen molar-refractivity contribution in [3.8, 4) is 0 Å². The SMILES string of the molecule is CC(C)c1cnc(N2CC(CS(C)(=O)=O)C2)c2cnc(Nc3ccnc(C4CC(O)C4)n3)cc12. The van der Waals surface area contributed by atoms with Crippen LogP contribution in [0.25, 0.3) is 10.8 Å². The Bertz CT molecular complexity index is 1320. The van der Waals surface area contributed by atoms with Crippen LogP contribution >= 0.6 is 0 Å². The molecule has 0 amide bonds. The van der Waals surface area contributed by atoms with Crippen LogP contribution in [0.15, 0.2) is 30.7 Å². The van der Waals surface area contributed by atoms with Gasteiger partial charge in [-0.2, -0.15) is 0 Å². The molecule has 2 aliphatic rings. The van der Waals surface area contributed by atoms with E-state index in [9.17, 15) is 13.5 Å². The molecule has 3 aromatic rings. The first kappa shape index (κ1) is 22.9. The van der Waals surface area contributed by atoms with Gasteiger partial charge in [-0.25, -0.2) is 28.4 Å². The van der Waals surface area contributed by atoms with E-state index in [1.54, 1.807) is 6.20 Å². The van der Waals surface area contributed by atoms with E-state index in [-0.39, 0.29) is 29.6 Å². The Morgan fingerprint density at radius 3 is 2.56 bits per heavy atom. The Balaban J connectivity index is 1.41. The van der Waals surface area contributed by atoms with Gasteiger partial charge < -0.3 is 15.3 Å². The summed E-state index contributed by atoms with van der Waals surface area (Å²) in [6.45, 7) is 5.63.